The third-order valence-corrected chi connectivity index (χ3v) is 4.83. The zero-order valence-corrected chi connectivity index (χ0v) is 19.4. The Morgan fingerprint density at radius 2 is 1.50 bits per heavy atom. The van der Waals surface area contributed by atoms with E-state index in [0.29, 0.717) is 11.3 Å². The van der Waals surface area contributed by atoms with Crippen molar-refractivity contribution in [3.8, 4) is 5.75 Å². The molecule has 0 saturated carbocycles. The van der Waals surface area contributed by atoms with Gasteiger partial charge in [-0.15, -0.1) is 0 Å². The fourth-order valence-electron chi connectivity index (χ4n) is 3.00. The standard InChI is InChI=1S/C25H34N2O3/c1-24(2,3)18-11-14-21(20(15-18)25(4,5)6)30-16-22(28)26-19-12-9-17(10-13-19)23(29)27(7)8/h9-15H,16H2,1-8H3,(H,26,28). The minimum atomic E-state index is -0.249. The smallest absolute Gasteiger partial charge is 0.262 e. The number of nitrogens with zero attached hydrogens (tertiary/aromatic N) is 1. The zero-order chi connectivity index (χ0) is 22.7. The van der Waals surface area contributed by atoms with Gasteiger partial charge in [-0.05, 0) is 52.3 Å². The van der Waals surface area contributed by atoms with Gasteiger partial charge in [0.25, 0.3) is 11.8 Å². The highest BCUT2D eigenvalue weighted by Gasteiger charge is 2.23. The van der Waals surface area contributed by atoms with Crippen molar-refractivity contribution < 1.29 is 14.3 Å². The van der Waals surface area contributed by atoms with E-state index in [4.69, 9.17) is 4.74 Å². The predicted octanol–water partition coefficient (Wildman–Crippen LogP) is 5.00. The molecule has 0 aliphatic rings. The molecule has 0 fully saturated rings. The summed E-state index contributed by atoms with van der Waals surface area (Å²) in [5, 5.41) is 2.81. The number of amides is 2. The number of carbonyl (C=O) groups excluding carboxylic acids is 2. The van der Waals surface area contributed by atoms with Gasteiger partial charge in [0.1, 0.15) is 5.75 Å². The van der Waals surface area contributed by atoms with E-state index >= 15 is 0 Å². The lowest BCUT2D eigenvalue weighted by atomic mass is 9.80. The lowest BCUT2D eigenvalue weighted by molar-refractivity contribution is -0.118. The molecule has 5 nitrogen and oxygen atoms in total. The Morgan fingerprint density at radius 1 is 0.900 bits per heavy atom. The van der Waals surface area contributed by atoms with E-state index in [1.165, 1.54) is 10.5 Å². The molecule has 162 valence electrons. The number of nitrogens with one attached hydrogen (secondary N) is 1. The van der Waals surface area contributed by atoms with Gasteiger partial charge in [0.05, 0.1) is 0 Å². The van der Waals surface area contributed by atoms with Crippen LogP contribution in [0.15, 0.2) is 42.5 Å². The van der Waals surface area contributed by atoms with E-state index in [1.54, 1.807) is 38.4 Å². The monoisotopic (exact) mass is 410 g/mol. The maximum absolute atomic E-state index is 12.4. The van der Waals surface area contributed by atoms with E-state index in [9.17, 15) is 9.59 Å². The number of rotatable bonds is 5. The number of hydrogen-bond donors (Lipinski definition) is 1. The highest BCUT2D eigenvalue weighted by Crippen LogP contribution is 2.35. The summed E-state index contributed by atoms with van der Waals surface area (Å²) in [5.74, 6) is 0.392. The molecular weight excluding hydrogens is 376 g/mol. The van der Waals surface area contributed by atoms with Gasteiger partial charge >= 0.3 is 0 Å². The van der Waals surface area contributed by atoms with Crippen molar-refractivity contribution in [3.63, 3.8) is 0 Å². The van der Waals surface area contributed by atoms with Crippen molar-refractivity contribution in [1.29, 1.82) is 0 Å². The Balaban J connectivity index is 2.08. The molecule has 0 spiro atoms. The van der Waals surface area contributed by atoms with Crippen LogP contribution in [-0.4, -0.2) is 37.4 Å². The van der Waals surface area contributed by atoms with Gasteiger partial charge in [0.2, 0.25) is 0 Å². The zero-order valence-electron chi connectivity index (χ0n) is 19.4. The molecular formula is C25H34N2O3. The average molecular weight is 411 g/mol. The van der Waals surface area contributed by atoms with Crippen molar-refractivity contribution in [3.05, 3.63) is 59.2 Å². The van der Waals surface area contributed by atoms with Crippen LogP contribution in [-0.2, 0) is 15.6 Å². The van der Waals surface area contributed by atoms with Crippen LogP contribution in [0, 0.1) is 0 Å². The Bertz CT molecular complexity index is 901. The first-order valence-corrected chi connectivity index (χ1v) is 10.2. The Morgan fingerprint density at radius 3 is 2.00 bits per heavy atom. The van der Waals surface area contributed by atoms with Crippen LogP contribution in [0.1, 0.15) is 63.0 Å². The number of carbonyl (C=O) groups is 2. The Labute approximate surface area is 180 Å². The molecule has 0 radical (unpaired) electrons. The van der Waals surface area contributed by atoms with Crippen molar-refractivity contribution in [2.45, 2.75) is 52.4 Å². The number of anilines is 1. The summed E-state index contributed by atoms with van der Waals surface area (Å²) < 4.78 is 5.89. The van der Waals surface area contributed by atoms with Crippen LogP contribution in [0.25, 0.3) is 0 Å². The third kappa shape index (κ3) is 6.09. The molecule has 0 unspecified atom stereocenters. The highest BCUT2D eigenvalue weighted by molar-refractivity contribution is 5.95. The van der Waals surface area contributed by atoms with Crippen LogP contribution >= 0.6 is 0 Å². The summed E-state index contributed by atoms with van der Waals surface area (Å²) >= 11 is 0. The molecule has 2 aromatic rings. The van der Waals surface area contributed by atoms with Gasteiger partial charge in [-0.1, -0.05) is 53.7 Å². The third-order valence-electron chi connectivity index (χ3n) is 4.83. The Hall–Kier alpha value is -2.82. The summed E-state index contributed by atoms with van der Waals surface area (Å²) in [6.07, 6.45) is 0. The van der Waals surface area contributed by atoms with Gasteiger partial charge < -0.3 is 15.0 Å². The van der Waals surface area contributed by atoms with Gasteiger partial charge in [-0.2, -0.15) is 0 Å². The fourth-order valence-corrected chi connectivity index (χ4v) is 3.00. The molecule has 0 aromatic heterocycles. The summed E-state index contributed by atoms with van der Waals surface area (Å²) in [6, 6.07) is 13.0. The van der Waals surface area contributed by atoms with Crippen molar-refractivity contribution in [2.24, 2.45) is 0 Å². The minimum absolute atomic E-state index is 0.0377. The number of hydrogen-bond acceptors (Lipinski definition) is 3. The first-order valence-electron chi connectivity index (χ1n) is 10.2. The van der Waals surface area contributed by atoms with Crippen LogP contribution in [0.3, 0.4) is 0 Å². The van der Waals surface area contributed by atoms with Crippen LogP contribution in [0.5, 0.6) is 5.75 Å². The number of ether oxygens (including phenoxy) is 1. The Kier molecular flexibility index (Phi) is 6.96. The predicted molar refractivity (Wildman–Crippen MR) is 122 cm³/mol. The van der Waals surface area contributed by atoms with Gasteiger partial charge in [-0.3, -0.25) is 9.59 Å². The second-order valence-corrected chi connectivity index (χ2v) is 9.82. The van der Waals surface area contributed by atoms with E-state index in [0.717, 1.165) is 11.3 Å². The summed E-state index contributed by atoms with van der Waals surface area (Å²) in [7, 11) is 3.41. The van der Waals surface area contributed by atoms with Gasteiger partial charge in [0.15, 0.2) is 6.61 Å². The van der Waals surface area contributed by atoms with Gasteiger partial charge in [0, 0.05) is 25.3 Å². The molecule has 30 heavy (non-hydrogen) atoms. The molecule has 2 amide bonds. The molecule has 1 N–H and O–H groups in total. The van der Waals surface area contributed by atoms with Gasteiger partial charge in [-0.25, -0.2) is 0 Å². The maximum atomic E-state index is 12.4. The first kappa shape index (κ1) is 23.5. The van der Waals surface area contributed by atoms with Crippen LogP contribution < -0.4 is 10.1 Å². The molecule has 2 aromatic carbocycles. The van der Waals surface area contributed by atoms with E-state index < -0.39 is 0 Å². The van der Waals surface area contributed by atoms with E-state index in [1.807, 2.05) is 6.07 Å². The molecule has 0 aliphatic heterocycles. The second kappa shape index (κ2) is 8.90. The molecule has 0 saturated heterocycles. The SMILES string of the molecule is CN(C)C(=O)c1ccc(NC(=O)COc2ccc(C(C)(C)C)cc2C(C)(C)C)cc1. The maximum Gasteiger partial charge on any atom is 0.262 e. The summed E-state index contributed by atoms with van der Waals surface area (Å²) in [4.78, 5) is 25.9. The second-order valence-electron chi connectivity index (χ2n) is 9.82. The average Bonchev–Trinajstić information content (AvgIpc) is 2.64. The first-order chi connectivity index (χ1) is 13.8. The fraction of sp³-hybridized carbons (Fsp3) is 0.440. The molecule has 0 atom stereocenters. The molecule has 0 bridgehead atoms. The molecule has 5 heteroatoms. The molecule has 0 aliphatic carbocycles. The number of benzene rings is 2. The van der Waals surface area contributed by atoms with Crippen LogP contribution in [0.2, 0.25) is 0 Å². The topological polar surface area (TPSA) is 58.6 Å². The molecule has 2 rings (SSSR count). The highest BCUT2D eigenvalue weighted by atomic mass is 16.5. The summed E-state index contributed by atoms with van der Waals surface area (Å²) in [5.41, 5.74) is 3.43. The largest absolute Gasteiger partial charge is 0.483 e. The van der Waals surface area contributed by atoms with Crippen molar-refractivity contribution in [2.75, 3.05) is 26.0 Å². The lowest BCUT2D eigenvalue weighted by Crippen LogP contribution is -2.23. The summed E-state index contributed by atoms with van der Waals surface area (Å²) in [6.45, 7) is 12.9. The normalized spacial score (nSPS) is 11.7. The van der Waals surface area contributed by atoms with E-state index in [2.05, 4.69) is 59.0 Å². The van der Waals surface area contributed by atoms with Crippen molar-refractivity contribution in [1.82, 2.24) is 4.90 Å². The van der Waals surface area contributed by atoms with E-state index in [-0.39, 0.29) is 29.3 Å². The van der Waals surface area contributed by atoms with Crippen molar-refractivity contribution >= 4 is 17.5 Å². The quantitative estimate of drug-likeness (QED) is 0.754. The lowest BCUT2D eigenvalue weighted by Gasteiger charge is -2.27. The van der Waals surface area contributed by atoms with Crippen LogP contribution in [0.4, 0.5) is 5.69 Å². The molecule has 0 heterocycles. The minimum Gasteiger partial charge on any atom is -0.483 e.